The second kappa shape index (κ2) is 8.25. The van der Waals surface area contributed by atoms with Gasteiger partial charge in [0.2, 0.25) is 0 Å². The van der Waals surface area contributed by atoms with E-state index in [2.05, 4.69) is 17.9 Å². The van der Waals surface area contributed by atoms with Crippen molar-refractivity contribution in [1.29, 1.82) is 0 Å². The summed E-state index contributed by atoms with van der Waals surface area (Å²) < 4.78 is 11.3. The molecule has 0 aromatic heterocycles. The van der Waals surface area contributed by atoms with Gasteiger partial charge < -0.3 is 15.2 Å². The van der Waals surface area contributed by atoms with Crippen LogP contribution in [0, 0.1) is 0 Å². The Bertz CT molecular complexity index is 392. The minimum absolute atomic E-state index is 0.207. The van der Waals surface area contributed by atoms with Crippen LogP contribution in [-0.2, 0) is 11.2 Å². The lowest BCUT2D eigenvalue weighted by atomic mass is 10.0. The van der Waals surface area contributed by atoms with Crippen LogP contribution in [0.25, 0.3) is 0 Å². The zero-order chi connectivity index (χ0) is 14.2. The summed E-state index contributed by atoms with van der Waals surface area (Å²) in [6, 6.07) is 8.42. The van der Waals surface area contributed by atoms with Crippen LogP contribution in [0.2, 0.25) is 0 Å². The van der Waals surface area contributed by atoms with E-state index in [0.29, 0.717) is 0 Å². The molecule has 1 aliphatic rings. The van der Waals surface area contributed by atoms with Crippen molar-refractivity contribution in [3.63, 3.8) is 0 Å². The number of para-hydroxylation sites is 1. The number of ether oxygens (including phenoxy) is 2. The van der Waals surface area contributed by atoms with Gasteiger partial charge >= 0.3 is 0 Å². The summed E-state index contributed by atoms with van der Waals surface area (Å²) in [5, 5.41) is 0. The molecule has 1 fully saturated rings. The molecule has 20 heavy (non-hydrogen) atoms. The largest absolute Gasteiger partial charge is 0.492 e. The van der Waals surface area contributed by atoms with Gasteiger partial charge in [0, 0.05) is 25.7 Å². The Hall–Kier alpha value is -1.10. The molecule has 1 aliphatic heterocycles. The van der Waals surface area contributed by atoms with E-state index in [0.717, 1.165) is 58.0 Å². The van der Waals surface area contributed by atoms with E-state index >= 15 is 0 Å². The molecule has 2 N–H and O–H groups in total. The maximum absolute atomic E-state index is 6.04. The molecular weight excluding hydrogens is 252 g/mol. The number of morpholine rings is 1. The van der Waals surface area contributed by atoms with Gasteiger partial charge in [-0.15, -0.1) is 0 Å². The third-order valence-electron chi connectivity index (χ3n) is 3.75. The first kappa shape index (κ1) is 15.3. The highest BCUT2D eigenvalue weighted by molar-refractivity contribution is 5.33. The van der Waals surface area contributed by atoms with Crippen LogP contribution in [0.4, 0.5) is 0 Å². The number of benzene rings is 1. The van der Waals surface area contributed by atoms with Gasteiger partial charge in [0.15, 0.2) is 0 Å². The number of hydrogen-bond acceptors (Lipinski definition) is 4. The number of nitrogens with two attached hydrogens (primary N) is 1. The Morgan fingerprint density at radius 3 is 2.80 bits per heavy atom. The molecule has 1 aromatic carbocycles. The van der Waals surface area contributed by atoms with Gasteiger partial charge in [-0.3, -0.25) is 4.90 Å². The van der Waals surface area contributed by atoms with Crippen LogP contribution < -0.4 is 10.5 Å². The van der Waals surface area contributed by atoms with Gasteiger partial charge in [0.05, 0.1) is 13.2 Å². The second-order valence-electron chi connectivity index (χ2n) is 5.28. The Balaban J connectivity index is 1.82. The molecule has 4 nitrogen and oxygen atoms in total. The molecule has 0 amide bonds. The molecule has 1 aromatic rings. The Labute approximate surface area is 121 Å². The highest BCUT2D eigenvalue weighted by atomic mass is 16.5. The van der Waals surface area contributed by atoms with E-state index in [1.807, 2.05) is 18.2 Å². The molecule has 0 aliphatic carbocycles. The maximum Gasteiger partial charge on any atom is 0.122 e. The molecule has 0 spiro atoms. The Morgan fingerprint density at radius 1 is 1.30 bits per heavy atom. The summed E-state index contributed by atoms with van der Waals surface area (Å²) in [6.07, 6.45) is 1.87. The Morgan fingerprint density at radius 2 is 2.05 bits per heavy atom. The smallest absolute Gasteiger partial charge is 0.122 e. The molecule has 112 valence electrons. The average Bonchev–Trinajstić information content (AvgIpc) is 2.50. The predicted molar refractivity (Wildman–Crippen MR) is 81.2 cm³/mol. The second-order valence-corrected chi connectivity index (χ2v) is 5.28. The highest BCUT2D eigenvalue weighted by Gasteiger charge is 2.11. The first-order chi connectivity index (χ1) is 9.79. The molecule has 1 atom stereocenters. The van der Waals surface area contributed by atoms with Crippen molar-refractivity contribution in [2.75, 3.05) is 39.5 Å². The summed E-state index contributed by atoms with van der Waals surface area (Å²) in [4.78, 5) is 2.38. The van der Waals surface area contributed by atoms with Crippen molar-refractivity contribution < 1.29 is 9.47 Å². The van der Waals surface area contributed by atoms with E-state index in [4.69, 9.17) is 15.2 Å². The van der Waals surface area contributed by atoms with E-state index in [-0.39, 0.29) is 6.04 Å². The first-order valence-corrected chi connectivity index (χ1v) is 7.56. The van der Waals surface area contributed by atoms with Gasteiger partial charge in [-0.25, -0.2) is 0 Å². The monoisotopic (exact) mass is 278 g/mol. The van der Waals surface area contributed by atoms with Gasteiger partial charge in [-0.2, -0.15) is 0 Å². The molecule has 1 unspecified atom stereocenters. The molecule has 0 saturated carbocycles. The lowest BCUT2D eigenvalue weighted by Gasteiger charge is -2.26. The molecule has 1 saturated heterocycles. The van der Waals surface area contributed by atoms with Crippen molar-refractivity contribution in [3.05, 3.63) is 29.8 Å². The fraction of sp³-hybridized carbons (Fsp3) is 0.625. The summed E-state index contributed by atoms with van der Waals surface area (Å²) >= 11 is 0. The summed E-state index contributed by atoms with van der Waals surface area (Å²) in [7, 11) is 0. The van der Waals surface area contributed by atoms with E-state index in [1.54, 1.807) is 0 Å². The van der Waals surface area contributed by atoms with Gasteiger partial charge in [0.1, 0.15) is 12.4 Å². The number of nitrogens with zero attached hydrogens (tertiary/aromatic N) is 1. The van der Waals surface area contributed by atoms with Crippen LogP contribution in [0.3, 0.4) is 0 Å². The van der Waals surface area contributed by atoms with Crippen molar-refractivity contribution in [2.45, 2.75) is 25.8 Å². The van der Waals surface area contributed by atoms with Crippen molar-refractivity contribution in [3.8, 4) is 5.75 Å². The topological polar surface area (TPSA) is 47.7 Å². The lowest BCUT2D eigenvalue weighted by Crippen LogP contribution is -2.38. The minimum Gasteiger partial charge on any atom is -0.492 e. The standard InChI is InChI=1S/C16H26N2O2/c1-2-15(17)13-14-5-3-4-6-16(14)20-12-9-18-7-10-19-11-8-18/h3-6,15H,2,7-13,17H2,1H3. The molecule has 0 bridgehead atoms. The fourth-order valence-corrected chi connectivity index (χ4v) is 2.35. The third kappa shape index (κ3) is 4.78. The predicted octanol–water partition coefficient (Wildman–Crippen LogP) is 1.68. The molecule has 4 heteroatoms. The van der Waals surface area contributed by atoms with Crippen molar-refractivity contribution in [2.24, 2.45) is 5.73 Å². The maximum atomic E-state index is 6.04. The van der Waals surface area contributed by atoms with Gasteiger partial charge in [-0.1, -0.05) is 25.1 Å². The average molecular weight is 278 g/mol. The summed E-state index contributed by atoms with van der Waals surface area (Å²) in [5.74, 6) is 0.977. The van der Waals surface area contributed by atoms with E-state index in [9.17, 15) is 0 Å². The number of rotatable bonds is 7. The van der Waals surface area contributed by atoms with Crippen LogP contribution >= 0.6 is 0 Å². The minimum atomic E-state index is 0.207. The highest BCUT2D eigenvalue weighted by Crippen LogP contribution is 2.19. The third-order valence-corrected chi connectivity index (χ3v) is 3.75. The van der Waals surface area contributed by atoms with Gasteiger partial charge in [0.25, 0.3) is 0 Å². The van der Waals surface area contributed by atoms with Gasteiger partial charge in [-0.05, 0) is 24.5 Å². The van der Waals surface area contributed by atoms with Crippen molar-refractivity contribution >= 4 is 0 Å². The number of hydrogen-bond donors (Lipinski definition) is 1. The molecular formula is C16H26N2O2. The summed E-state index contributed by atoms with van der Waals surface area (Å²) in [5.41, 5.74) is 7.25. The molecule has 0 radical (unpaired) electrons. The van der Waals surface area contributed by atoms with Crippen molar-refractivity contribution in [1.82, 2.24) is 4.90 Å². The fourth-order valence-electron chi connectivity index (χ4n) is 2.35. The zero-order valence-corrected chi connectivity index (χ0v) is 12.4. The van der Waals surface area contributed by atoms with Crippen LogP contribution in [0.5, 0.6) is 5.75 Å². The quantitative estimate of drug-likeness (QED) is 0.824. The lowest BCUT2D eigenvalue weighted by molar-refractivity contribution is 0.0322. The zero-order valence-electron chi connectivity index (χ0n) is 12.4. The molecule has 1 heterocycles. The normalized spacial score (nSPS) is 17.9. The van der Waals surface area contributed by atoms with Crippen LogP contribution in [0.15, 0.2) is 24.3 Å². The van der Waals surface area contributed by atoms with E-state index < -0.39 is 0 Å². The summed E-state index contributed by atoms with van der Waals surface area (Å²) in [6.45, 7) is 7.48. The van der Waals surface area contributed by atoms with Crippen LogP contribution in [-0.4, -0.2) is 50.4 Å². The SMILES string of the molecule is CCC(N)Cc1ccccc1OCCN1CCOCC1. The molecule has 2 rings (SSSR count). The van der Waals surface area contributed by atoms with E-state index in [1.165, 1.54) is 5.56 Å². The first-order valence-electron chi connectivity index (χ1n) is 7.56. The Kier molecular flexibility index (Phi) is 6.30. The van der Waals surface area contributed by atoms with Crippen LogP contribution in [0.1, 0.15) is 18.9 Å².